The molecule has 106 valence electrons. The van der Waals surface area contributed by atoms with Gasteiger partial charge in [-0.3, -0.25) is 0 Å². The minimum Gasteiger partial charge on any atom is -0.460 e. The molecular weight excluding hydrogens is 287 g/mol. The van der Waals surface area contributed by atoms with E-state index in [2.05, 4.69) is 20.8 Å². The van der Waals surface area contributed by atoms with Crippen LogP contribution in [0.4, 0.5) is 0 Å². The molecule has 3 nitrogen and oxygen atoms in total. The van der Waals surface area contributed by atoms with Gasteiger partial charge >= 0.3 is 11.9 Å². The van der Waals surface area contributed by atoms with Gasteiger partial charge in [-0.2, -0.15) is 0 Å². The number of hydrogen-bond acceptors (Lipinski definition) is 3. The Balaban J connectivity index is 1.82. The molecule has 2 aliphatic carbocycles. The monoisotopic (exact) mass is 304 g/mol. The summed E-state index contributed by atoms with van der Waals surface area (Å²) in [4.78, 5) is 11.4. The van der Waals surface area contributed by atoms with Gasteiger partial charge in [0.2, 0.25) is 0 Å². The Kier molecular flexibility index (Phi) is 2.89. The van der Waals surface area contributed by atoms with E-state index in [1.165, 1.54) is 6.42 Å². The maximum absolute atomic E-state index is 11.4. The van der Waals surface area contributed by atoms with Gasteiger partial charge in [-0.1, -0.05) is 32.4 Å². The fourth-order valence-corrected chi connectivity index (χ4v) is 4.22. The van der Waals surface area contributed by atoms with Gasteiger partial charge in [0.05, 0.1) is 0 Å². The predicted octanol–water partition coefficient (Wildman–Crippen LogP) is 3.79. The molecular formula is C14H18Cl2O3. The maximum Gasteiger partial charge on any atom is 0.337 e. The molecule has 2 fully saturated rings. The Morgan fingerprint density at radius 1 is 1.37 bits per heavy atom. The number of esters is 1. The van der Waals surface area contributed by atoms with Gasteiger partial charge in [0.15, 0.2) is 5.38 Å². The number of fused-ring (bicyclic) bond motifs is 2. The molecule has 2 saturated carbocycles. The van der Waals surface area contributed by atoms with Crippen LogP contribution < -0.4 is 0 Å². The van der Waals surface area contributed by atoms with Crippen LogP contribution in [-0.2, 0) is 14.3 Å². The van der Waals surface area contributed by atoms with Crippen LogP contribution in [-0.4, -0.2) is 17.5 Å². The molecule has 3 rings (SSSR count). The molecule has 4 atom stereocenters. The summed E-state index contributed by atoms with van der Waals surface area (Å²) in [7, 11) is 0. The number of rotatable bonds is 2. The Morgan fingerprint density at radius 3 is 2.47 bits per heavy atom. The molecule has 0 aromatic rings. The first-order valence-electron chi connectivity index (χ1n) is 6.69. The van der Waals surface area contributed by atoms with Gasteiger partial charge in [0.1, 0.15) is 11.1 Å². The van der Waals surface area contributed by atoms with Gasteiger partial charge in [-0.15, -0.1) is 11.6 Å². The maximum atomic E-state index is 11.4. The van der Waals surface area contributed by atoms with E-state index < -0.39 is 11.3 Å². The lowest BCUT2D eigenvalue weighted by Gasteiger charge is -2.38. The zero-order valence-corrected chi connectivity index (χ0v) is 12.8. The number of ether oxygens (including phenoxy) is 2. The van der Waals surface area contributed by atoms with Crippen LogP contribution in [0.1, 0.15) is 40.0 Å². The molecule has 0 radical (unpaired) electrons. The van der Waals surface area contributed by atoms with E-state index in [0.29, 0.717) is 5.92 Å². The molecule has 4 unspecified atom stereocenters. The van der Waals surface area contributed by atoms with Gasteiger partial charge < -0.3 is 9.47 Å². The van der Waals surface area contributed by atoms with Gasteiger partial charge in [-0.05, 0) is 30.6 Å². The number of carbonyl (C=O) groups is 1. The lowest BCUT2D eigenvalue weighted by atomic mass is 9.70. The summed E-state index contributed by atoms with van der Waals surface area (Å²) in [5.41, 5.74) is 0.340. The molecule has 0 spiro atoms. The summed E-state index contributed by atoms with van der Waals surface area (Å²) >= 11 is 11.8. The molecule has 0 aromatic carbocycles. The zero-order valence-electron chi connectivity index (χ0n) is 11.3. The van der Waals surface area contributed by atoms with Gasteiger partial charge in [0, 0.05) is 5.41 Å². The van der Waals surface area contributed by atoms with E-state index in [4.69, 9.17) is 32.7 Å². The van der Waals surface area contributed by atoms with E-state index in [0.717, 1.165) is 12.8 Å². The Hall–Kier alpha value is -0.410. The quantitative estimate of drug-likeness (QED) is 0.575. The van der Waals surface area contributed by atoms with Crippen LogP contribution in [0, 0.1) is 16.7 Å². The lowest BCUT2D eigenvalue weighted by Crippen LogP contribution is -2.37. The molecule has 5 heteroatoms. The molecule has 1 heterocycles. The smallest absolute Gasteiger partial charge is 0.337 e. The summed E-state index contributed by atoms with van der Waals surface area (Å²) in [6.45, 7) is 6.86. The Bertz CT molecular complexity index is 471. The third-order valence-corrected chi connectivity index (χ3v) is 6.66. The van der Waals surface area contributed by atoms with Crippen molar-refractivity contribution < 1.29 is 14.3 Å². The first-order chi connectivity index (χ1) is 8.77. The highest BCUT2D eigenvalue weighted by Gasteiger charge is 2.63. The Labute approximate surface area is 123 Å². The molecule has 3 aliphatic rings. The SMILES string of the molecule is CC1(C)C2CCC1(C)C(OC1=C(Cl)C(Cl)C(=O)O1)C2. The van der Waals surface area contributed by atoms with E-state index in [1.807, 2.05) is 0 Å². The first kappa shape index (κ1) is 13.6. The van der Waals surface area contributed by atoms with E-state index in [1.54, 1.807) is 0 Å². The molecule has 1 aliphatic heterocycles. The third kappa shape index (κ3) is 1.67. The number of halogens is 2. The minimum absolute atomic E-state index is 0.0415. The van der Waals surface area contributed by atoms with Crippen LogP contribution in [0.3, 0.4) is 0 Å². The van der Waals surface area contributed by atoms with Gasteiger partial charge in [0.25, 0.3) is 0 Å². The molecule has 0 saturated heterocycles. The normalized spacial score (nSPS) is 43.8. The number of alkyl halides is 1. The predicted molar refractivity (Wildman–Crippen MR) is 72.7 cm³/mol. The van der Waals surface area contributed by atoms with Crippen LogP contribution in [0.2, 0.25) is 0 Å². The first-order valence-corrected chi connectivity index (χ1v) is 7.51. The molecule has 0 aromatic heterocycles. The number of carbonyl (C=O) groups excluding carboxylic acids is 1. The summed E-state index contributed by atoms with van der Waals surface area (Å²) in [6.07, 6.45) is 3.41. The summed E-state index contributed by atoms with van der Waals surface area (Å²) < 4.78 is 10.9. The van der Waals surface area contributed by atoms with E-state index in [-0.39, 0.29) is 27.9 Å². The second-order valence-electron chi connectivity index (χ2n) is 6.64. The van der Waals surface area contributed by atoms with Crippen LogP contribution in [0.5, 0.6) is 0 Å². The van der Waals surface area contributed by atoms with Crippen LogP contribution in [0.15, 0.2) is 11.0 Å². The average Bonchev–Trinajstić information content (AvgIpc) is 2.79. The summed E-state index contributed by atoms with van der Waals surface area (Å²) in [5.74, 6) is 0.223. The van der Waals surface area contributed by atoms with Crippen molar-refractivity contribution in [3.8, 4) is 0 Å². The van der Waals surface area contributed by atoms with Crippen LogP contribution in [0.25, 0.3) is 0 Å². The van der Waals surface area contributed by atoms with Crippen molar-refractivity contribution in [1.29, 1.82) is 0 Å². The fraction of sp³-hybridized carbons (Fsp3) is 0.786. The number of cyclic esters (lactones) is 1. The van der Waals surface area contributed by atoms with Crippen molar-refractivity contribution in [3.05, 3.63) is 11.0 Å². The highest BCUT2D eigenvalue weighted by atomic mass is 35.5. The van der Waals surface area contributed by atoms with Crippen molar-refractivity contribution in [1.82, 2.24) is 0 Å². The second-order valence-corrected chi connectivity index (χ2v) is 7.48. The van der Waals surface area contributed by atoms with Crippen molar-refractivity contribution in [2.75, 3.05) is 0 Å². The van der Waals surface area contributed by atoms with E-state index >= 15 is 0 Å². The zero-order chi connectivity index (χ0) is 14.0. The molecule has 0 N–H and O–H groups in total. The third-order valence-electron chi connectivity index (χ3n) is 5.78. The van der Waals surface area contributed by atoms with E-state index in [9.17, 15) is 4.79 Å². The number of hydrogen-bond donors (Lipinski definition) is 0. The highest BCUT2D eigenvalue weighted by molar-refractivity contribution is 6.44. The molecule has 0 amide bonds. The Morgan fingerprint density at radius 2 is 2.05 bits per heavy atom. The lowest BCUT2D eigenvalue weighted by molar-refractivity contribution is -0.144. The van der Waals surface area contributed by atoms with Crippen molar-refractivity contribution in [2.24, 2.45) is 16.7 Å². The summed E-state index contributed by atoms with van der Waals surface area (Å²) in [5, 5.41) is -0.744. The standard InChI is InChI=1S/C14H18Cl2O3/c1-13(2)7-4-5-14(13,3)8(6-7)18-12-10(16)9(15)11(17)19-12/h7-9H,4-6H2,1-3H3. The van der Waals surface area contributed by atoms with Gasteiger partial charge in [-0.25, -0.2) is 4.79 Å². The minimum atomic E-state index is -0.920. The van der Waals surface area contributed by atoms with Crippen molar-refractivity contribution in [3.63, 3.8) is 0 Å². The van der Waals surface area contributed by atoms with Crippen molar-refractivity contribution in [2.45, 2.75) is 51.5 Å². The molecule has 2 bridgehead atoms. The topological polar surface area (TPSA) is 35.5 Å². The highest BCUT2D eigenvalue weighted by Crippen LogP contribution is 2.66. The average molecular weight is 305 g/mol. The van der Waals surface area contributed by atoms with Crippen LogP contribution >= 0.6 is 23.2 Å². The summed E-state index contributed by atoms with van der Waals surface area (Å²) in [6, 6.07) is 0. The second kappa shape index (κ2) is 4.05. The fourth-order valence-electron chi connectivity index (χ4n) is 3.92. The van der Waals surface area contributed by atoms with Crippen molar-refractivity contribution >= 4 is 29.2 Å². The largest absolute Gasteiger partial charge is 0.460 e. The molecule has 19 heavy (non-hydrogen) atoms.